The minimum absolute atomic E-state index is 0.180. The molecular formula is C17H28N2. The molecule has 1 fully saturated rings. The van der Waals surface area contributed by atoms with Crippen LogP contribution in [0.5, 0.6) is 0 Å². The van der Waals surface area contributed by atoms with Crippen LogP contribution >= 0.6 is 0 Å². The van der Waals surface area contributed by atoms with Crippen LogP contribution in [0.4, 0.5) is 0 Å². The molecule has 19 heavy (non-hydrogen) atoms. The topological polar surface area (TPSA) is 29.3 Å². The van der Waals surface area contributed by atoms with Crippen LogP contribution in [-0.2, 0) is 0 Å². The zero-order chi connectivity index (χ0) is 14.0. The molecule has 0 bridgehead atoms. The second-order valence-corrected chi connectivity index (χ2v) is 6.47. The van der Waals surface area contributed by atoms with Crippen LogP contribution in [-0.4, -0.2) is 24.0 Å². The van der Waals surface area contributed by atoms with Crippen LogP contribution in [0.25, 0.3) is 0 Å². The fourth-order valence-corrected chi connectivity index (χ4v) is 2.60. The van der Waals surface area contributed by atoms with E-state index in [1.165, 1.54) is 24.0 Å². The lowest BCUT2D eigenvalue weighted by Gasteiger charge is -2.40. The molecule has 2 rings (SSSR count). The number of likely N-dealkylation sites (N-methyl/N-ethyl adjacent to an activating group) is 1. The maximum Gasteiger partial charge on any atom is 0.0472 e. The van der Waals surface area contributed by atoms with Gasteiger partial charge in [0.05, 0.1) is 0 Å². The van der Waals surface area contributed by atoms with E-state index < -0.39 is 0 Å². The number of nitrogens with zero attached hydrogens (tertiary/aromatic N) is 1. The van der Waals surface area contributed by atoms with Crippen molar-refractivity contribution >= 4 is 0 Å². The Balaban J connectivity index is 2.16. The fraction of sp³-hybridized carbons (Fsp3) is 0.647. The van der Waals surface area contributed by atoms with Crippen LogP contribution in [0.1, 0.15) is 63.1 Å². The lowest BCUT2D eigenvalue weighted by atomic mass is 9.94. The minimum atomic E-state index is 0.180. The standard InChI is InChI=1S/C17H28N2/c1-5-17(2,3)19(4)16(12-18)15-10-8-14(9-11-15)13-6-7-13/h8-11,13,16H,5-7,12,18H2,1-4H3. The van der Waals surface area contributed by atoms with E-state index in [0.29, 0.717) is 12.6 Å². The summed E-state index contributed by atoms with van der Waals surface area (Å²) in [6, 6.07) is 9.44. The Kier molecular flexibility index (Phi) is 4.32. The molecule has 1 atom stereocenters. The van der Waals surface area contributed by atoms with Crippen molar-refractivity contribution in [2.24, 2.45) is 5.73 Å². The Hall–Kier alpha value is -0.860. The average Bonchev–Trinajstić information content (AvgIpc) is 3.24. The molecule has 1 aliphatic rings. The van der Waals surface area contributed by atoms with Gasteiger partial charge in [0.15, 0.2) is 0 Å². The smallest absolute Gasteiger partial charge is 0.0472 e. The van der Waals surface area contributed by atoms with Gasteiger partial charge in [-0.1, -0.05) is 31.2 Å². The van der Waals surface area contributed by atoms with E-state index >= 15 is 0 Å². The molecule has 106 valence electrons. The van der Waals surface area contributed by atoms with Crippen molar-refractivity contribution in [2.45, 2.75) is 57.5 Å². The first kappa shape index (κ1) is 14.5. The molecule has 0 spiro atoms. The molecule has 0 heterocycles. The van der Waals surface area contributed by atoms with Gasteiger partial charge in [-0.3, -0.25) is 4.90 Å². The van der Waals surface area contributed by atoms with Crippen molar-refractivity contribution in [2.75, 3.05) is 13.6 Å². The van der Waals surface area contributed by atoms with Crippen LogP contribution in [0.2, 0.25) is 0 Å². The zero-order valence-corrected chi connectivity index (χ0v) is 12.8. The van der Waals surface area contributed by atoms with E-state index in [-0.39, 0.29) is 5.54 Å². The fourth-order valence-electron chi connectivity index (χ4n) is 2.60. The van der Waals surface area contributed by atoms with Crippen LogP contribution in [0.3, 0.4) is 0 Å². The van der Waals surface area contributed by atoms with Crippen LogP contribution in [0.15, 0.2) is 24.3 Å². The van der Waals surface area contributed by atoms with Gasteiger partial charge < -0.3 is 5.73 Å². The number of benzene rings is 1. The normalized spacial score (nSPS) is 17.8. The number of rotatable bonds is 6. The molecule has 1 saturated carbocycles. The molecule has 1 unspecified atom stereocenters. The summed E-state index contributed by atoms with van der Waals surface area (Å²) in [7, 11) is 2.19. The highest BCUT2D eigenvalue weighted by Crippen LogP contribution is 2.40. The highest BCUT2D eigenvalue weighted by atomic mass is 15.2. The Morgan fingerprint density at radius 3 is 2.26 bits per heavy atom. The zero-order valence-electron chi connectivity index (χ0n) is 12.8. The largest absolute Gasteiger partial charge is 0.329 e. The summed E-state index contributed by atoms with van der Waals surface area (Å²) in [5, 5.41) is 0. The first-order chi connectivity index (χ1) is 8.99. The third-order valence-electron chi connectivity index (χ3n) is 4.88. The predicted molar refractivity (Wildman–Crippen MR) is 82.3 cm³/mol. The lowest BCUT2D eigenvalue weighted by Crippen LogP contribution is -2.45. The molecule has 1 aliphatic carbocycles. The Bertz CT molecular complexity index is 404. The van der Waals surface area contributed by atoms with Gasteiger partial charge in [-0.05, 0) is 57.2 Å². The highest BCUT2D eigenvalue weighted by Gasteiger charge is 2.28. The summed E-state index contributed by atoms with van der Waals surface area (Å²) >= 11 is 0. The van der Waals surface area contributed by atoms with E-state index in [1.807, 2.05) is 0 Å². The van der Waals surface area contributed by atoms with Gasteiger partial charge in [0, 0.05) is 18.1 Å². The van der Waals surface area contributed by atoms with Gasteiger partial charge in [-0.25, -0.2) is 0 Å². The van der Waals surface area contributed by atoms with E-state index in [1.54, 1.807) is 0 Å². The Morgan fingerprint density at radius 1 is 1.26 bits per heavy atom. The molecule has 0 aromatic heterocycles. The van der Waals surface area contributed by atoms with Crippen LogP contribution < -0.4 is 5.73 Å². The lowest BCUT2D eigenvalue weighted by molar-refractivity contribution is 0.100. The molecule has 0 radical (unpaired) electrons. The van der Waals surface area contributed by atoms with Gasteiger partial charge >= 0.3 is 0 Å². The third kappa shape index (κ3) is 3.18. The van der Waals surface area contributed by atoms with Crippen molar-refractivity contribution in [1.82, 2.24) is 4.90 Å². The van der Waals surface area contributed by atoms with Gasteiger partial charge in [0.25, 0.3) is 0 Å². The van der Waals surface area contributed by atoms with Crippen LogP contribution in [0, 0.1) is 0 Å². The van der Waals surface area contributed by atoms with E-state index in [0.717, 1.165) is 12.3 Å². The number of nitrogens with two attached hydrogens (primary N) is 1. The summed E-state index contributed by atoms with van der Waals surface area (Å²) in [4.78, 5) is 2.42. The predicted octanol–water partition coefficient (Wildman–Crippen LogP) is 3.68. The molecule has 1 aromatic rings. The maximum atomic E-state index is 6.03. The van der Waals surface area contributed by atoms with E-state index in [4.69, 9.17) is 5.73 Å². The second kappa shape index (κ2) is 5.64. The van der Waals surface area contributed by atoms with Gasteiger partial charge in [0.1, 0.15) is 0 Å². The minimum Gasteiger partial charge on any atom is -0.329 e. The SMILES string of the molecule is CCC(C)(C)N(C)C(CN)c1ccc(C2CC2)cc1. The number of hydrogen-bond acceptors (Lipinski definition) is 2. The summed E-state index contributed by atoms with van der Waals surface area (Å²) in [5.41, 5.74) is 9.05. The first-order valence-electron chi connectivity index (χ1n) is 7.52. The van der Waals surface area contributed by atoms with Gasteiger partial charge in [-0.15, -0.1) is 0 Å². The molecule has 0 saturated heterocycles. The molecule has 0 aliphatic heterocycles. The summed E-state index contributed by atoms with van der Waals surface area (Å²) < 4.78 is 0. The average molecular weight is 260 g/mol. The highest BCUT2D eigenvalue weighted by molar-refractivity contribution is 5.30. The molecule has 2 nitrogen and oxygen atoms in total. The van der Waals surface area contributed by atoms with Crippen molar-refractivity contribution in [3.63, 3.8) is 0 Å². The van der Waals surface area contributed by atoms with Crippen molar-refractivity contribution < 1.29 is 0 Å². The Morgan fingerprint density at radius 2 is 1.84 bits per heavy atom. The quantitative estimate of drug-likeness (QED) is 0.845. The second-order valence-electron chi connectivity index (χ2n) is 6.47. The summed E-state index contributed by atoms with van der Waals surface area (Å²) in [6.07, 6.45) is 3.85. The van der Waals surface area contributed by atoms with Crippen molar-refractivity contribution in [1.29, 1.82) is 0 Å². The maximum absolute atomic E-state index is 6.03. The molecule has 1 aromatic carbocycles. The van der Waals surface area contributed by atoms with Crippen molar-refractivity contribution in [3.8, 4) is 0 Å². The third-order valence-corrected chi connectivity index (χ3v) is 4.88. The molecular weight excluding hydrogens is 232 g/mol. The monoisotopic (exact) mass is 260 g/mol. The van der Waals surface area contributed by atoms with Gasteiger partial charge in [-0.2, -0.15) is 0 Å². The molecule has 0 amide bonds. The van der Waals surface area contributed by atoms with E-state index in [2.05, 4.69) is 57.0 Å². The Labute approximate surface area is 118 Å². The summed E-state index contributed by atoms with van der Waals surface area (Å²) in [5.74, 6) is 0.829. The first-order valence-corrected chi connectivity index (χ1v) is 7.52. The van der Waals surface area contributed by atoms with Crippen molar-refractivity contribution in [3.05, 3.63) is 35.4 Å². The molecule has 2 heteroatoms. The number of hydrogen-bond donors (Lipinski definition) is 1. The van der Waals surface area contributed by atoms with E-state index in [9.17, 15) is 0 Å². The summed E-state index contributed by atoms with van der Waals surface area (Å²) in [6.45, 7) is 7.48. The molecule has 2 N–H and O–H groups in total. The van der Waals surface area contributed by atoms with Gasteiger partial charge in [0.2, 0.25) is 0 Å².